The van der Waals surface area contributed by atoms with Crippen LogP contribution in [0.5, 0.6) is 0 Å². The summed E-state index contributed by atoms with van der Waals surface area (Å²) in [7, 11) is 0. The molecule has 1 aromatic rings. The van der Waals surface area contributed by atoms with Crippen molar-refractivity contribution in [1.82, 2.24) is 15.2 Å². The number of piperazine rings is 1. The Morgan fingerprint density at radius 1 is 1.21 bits per heavy atom. The minimum atomic E-state index is 0.187. The third-order valence-electron chi connectivity index (χ3n) is 5.77. The molecule has 0 bridgehead atoms. The molecule has 2 heterocycles. The number of hydrogen-bond acceptors (Lipinski definition) is 4. The Labute approximate surface area is 145 Å². The van der Waals surface area contributed by atoms with Gasteiger partial charge < -0.3 is 10.2 Å². The van der Waals surface area contributed by atoms with Crippen molar-refractivity contribution in [2.45, 2.75) is 39.2 Å². The highest BCUT2D eigenvalue weighted by Crippen LogP contribution is 2.29. The van der Waals surface area contributed by atoms with Gasteiger partial charge in [-0.2, -0.15) is 0 Å². The molecule has 132 valence electrons. The van der Waals surface area contributed by atoms with Gasteiger partial charge in [0, 0.05) is 38.4 Å². The molecule has 1 aliphatic heterocycles. The highest BCUT2D eigenvalue weighted by atomic mass is 16.2. The molecule has 3 rings (SSSR count). The number of anilines is 1. The lowest BCUT2D eigenvalue weighted by atomic mass is 9.78. The Morgan fingerprint density at radius 2 is 2.00 bits per heavy atom. The van der Waals surface area contributed by atoms with E-state index < -0.39 is 0 Å². The summed E-state index contributed by atoms with van der Waals surface area (Å²) >= 11 is 0. The lowest BCUT2D eigenvalue weighted by Crippen LogP contribution is -2.52. The molecule has 1 N–H and O–H groups in total. The van der Waals surface area contributed by atoms with Gasteiger partial charge in [0.05, 0.1) is 6.54 Å². The average Bonchev–Trinajstić information content (AvgIpc) is 2.60. The van der Waals surface area contributed by atoms with Crippen molar-refractivity contribution in [1.29, 1.82) is 0 Å². The van der Waals surface area contributed by atoms with Crippen molar-refractivity contribution in [3.05, 3.63) is 24.4 Å². The molecule has 1 aromatic heterocycles. The first-order chi connectivity index (χ1) is 11.6. The monoisotopic (exact) mass is 330 g/mol. The first-order valence-electron chi connectivity index (χ1n) is 9.31. The van der Waals surface area contributed by atoms with E-state index in [1.165, 1.54) is 12.8 Å². The molecule has 24 heavy (non-hydrogen) atoms. The van der Waals surface area contributed by atoms with Crippen LogP contribution in [0.25, 0.3) is 0 Å². The minimum Gasteiger partial charge on any atom is -0.354 e. The molecule has 2 aliphatic rings. The maximum absolute atomic E-state index is 12.4. The lowest BCUT2D eigenvalue weighted by Gasteiger charge is -2.37. The first-order valence-corrected chi connectivity index (χ1v) is 9.31. The minimum absolute atomic E-state index is 0.187. The predicted octanol–water partition coefficient (Wildman–Crippen LogP) is 2.14. The molecule has 2 fully saturated rings. The molecule has 5 heteroatoms. The summed E-state index contributed by atoms with van der Waals surface area (Å²) in [4.78, 5) is 21.4. The Hall–Kier alpha value is -1.62. The van der Waals surface area contributed by atoms with E-state index in [1.807, 2.05) is 24.4 Å². The second kappa shape index (κ2) is 7.97. The van der Waals surface area contributed by atoms with Gasteiger partial charge in [-0.1, -0.05) is 32.8 Å². The second-order valence-corrected chi connectivity index (χ2v) is 7.39. The molecular weight excluding hydrogens is 300 g/mol. The van der Waals surface area contributed by atoms with Gasteiger partial charge in [-0.15, -0.1) is 0 Å². The van der Waals surface area contributed by atoms with Crippen LogP contribution < -0.4 is 10.2 Å². The Morgan fingerprint density at radius 3 is 2.71 bits per heavy atom. The van der Waals surface area contributed by atoms with Crippen LogP contribution in [0.3, 0.4) is 0 Å². The standard InChI is InChI=1S/C19H30N4O/c1-15-6-5-7-17(16(15)2)21-19(24)14-22-10-12-23(13-11-22)18-8-3-4-9-20-18/h3-4,8-9,15-17H,5-7,10-14H2,1-2H3,(H,21,24)/t15-,16+,17-/m0/s1. The Bertz CT molecular complexity index is 527. The van der Waals surface area contributed by atoms with Crippen molar-refractivity contribution in [3.8, 4) is 0 Å². The third kappa shape index (κ3) is 4.26. The van der Waals surface area contributed by atoms with Gasteiger partial charge in [0.1, 0.15) is 5.82 Å². The molecule has 1 saturated carbocycles. The quantitative estimate of drug-likeness (QED) is 0.919. The summed E-state index contributed by atoms with van der Waals surface area (Å²) in [5.41, 5.74) is 0. The molecule has 1 amide bonds. The summed E-state index contributed by atoms with van der Waals surface area (Å²) in [5.74, 6) is 2.52. The molecular formula is C19H30N4O. The van der Waals surface area contributed by atoms with E-state index >= 15 is 0 Å². The van der Waals surface area contributed by atoms with Crippen molar-refractivity contribution in [2.75, 3.05) is 37.6 Å². The molecule has 1 aliphatic carbocycles. The Balaban J connectivity index is 1.43. The average molecular weight is 330 g/mol. The largest absolute Gasteiger partial charge is 0.354 e. The molecule has 3 atom stereocenters. The molecule has 0 aromatic carbocycles. The third-order valence-corrected chi connectivity index (χ3v) is 5.77. The Kier molecular flexibility index (Phi) is 5.72. The highest BCUT2D eigenvalue weighted by molar-refractivity contribution is 5.78. The van der Waals surface area contributed by atoms with E-state index in [-0.39, 0.29) is 5.91 Å². The first kappa shape index (κ1) is 17.2. The zero-order valence-electron chi connectivity index (χ0n) is 14.9. The van der Waals surface area contributed by atoms with Crippen LogP contribution in [0.15, 0.2) is 24.4 Å². The van der Waals surface area contributed by atoms with Crippen LogP contribution in [0, 0.1) is 11.8 Å². The summed E-state index contributed by atoms with van der Waals surface area (Å²) in [6.45, 7) is 8.80. The fourth-order valence-electron chi connectivity index (χ4n) is 3.92. The van der Waals surface area contributed by atoms with Crippen molar-refractivity contribution in [2.24, 2.45) is 11.8 Å². The number of aromatic nitrogens is 1. The van der Waals surface area contributed by atoms with E-state index in [0.29, 0.717) is 24.4 Å². The maximum atomic E-state index is 12.4. The molecule has 0 radical (unpaired) electrons. The number of nitrogens with zero attached hydrogens (tertiary/aromatic N) is 3. The van der Waals surface area contributed by atoms with Crippen LogP contribution in [-0.2, 0) is 4.79 Å². The van der Waals surface area contributed by atoms with Gasteiger partial charge in [0.2, 0.25) is 5.91 Å². The van der Waals surface area contributed by atoms with Crippen molar-refractivity contribution < 1.29 is 4.79 Å². The number of carbonyl (C=O) groups excluding carboxylic acids is 1. The van der Waals surface area contributed by atoms with Crippen LogP contribution in [0.4, 0.5) is 5.82 Å². The maximum Gasteiger partial charge on any atom is 0.234 e. The summed E-state index contributed by atoms with van der Waals surface area (Å²) in [5, 5.41) is 3.28. The molecule has 0 unspecified atom stereocenters. The fraction of sp³-hybridized carbons (Fsp3) is 0.684. The smallest absolute Gasteiger partial charge is 0.234 e. The molecule has 1 saturated heterocycles. The lowest BCUT2D eigenvalue weighted by molar-refractivity contribution is -0.123. The topological polar surface area (TPSA) is 48.5 Å². The van der Waals surface area contributed by atoms with E-state index in [9.17, 15) is 4.79 Å². The van der Waals surface area contributed by atoms with Crippen LogP contribution in [-0.4, -0.2) is 54.6 Å². The van der Waals surface area contributed by atoms with E-state index in [4.69, 9.17) is 0 Å². The van der Waals surface area contributed by atoms with Gasteiger partial charge in [0.15, 0.2) is 0 Å². The van der Waals surface area contributed by atoms with E-state index in [0.717, 1.165) is 38.4 Å². The fourth-order valence-corrected chi connectivity index (χ4v) is 3.92. The van der Waals surface area contributed by atoms with Crippen LogP contribution in [0.1, 0.15) is 33.1 Å². The van der Waals surface area contributed by atoms with Crippen LogP contribution >= 0.6 is 0 Å². The number of nitrogens with one attached hydrogen (secondary N) is 1. The summed E-state index contributed by atoms with van der Waals surface area (Å²) < 4.78 is 0. The molecule has 0 spiro atoms. The SMILES string of the molecule is C[C@H]1[C@@H](NC(=O)CN2CCN(c3ccccn3)CC2)CCC[C@@H]1C. The van der Waals surface area contributed by atoms with E-state index in [1.54, 1.807) is 0 Å². The van der Waals surface area contributed by atoms with Crippen molar-refractivity contribution >= 4 is 11.7 Å². The van der Waals surface area contributed by atoms with Gasteiger partial charge in [-0.25, -0.2) is 4.98 Å². The van der Waals surface area contributed by atoms with Crippen molar-refractivity contribution in [3.63, 3.8) is 0 Å². The van der Waals surface area contributed by atoms with Gasteiger partial charge in [-0.3, -0.25) is 9.69 Å². The number of carbonyl (C=O) groups is 1. The molecule has 5 nitrogen and oxygen atoms in total. The highest BCUT2D eigenvalue weighted by Gasteiger charge is 2.28. The van der Waals surface area contributed by atoms with Gasteiger partial charge >= 0.3 is 0 Å². The number of rotatable bonds is 4. The van der Waals surface area contributed by atoms with Crippen LogP contribution in [0.2, 0.25) is 0 Å². The zero-order valence-corrected chi connectivity index (χ0v) is 14.9. The van der Waals surface area contributed by atoms with Gasteiger partial charge in [-0.05, 0) is 30.4 Å². The summed E-state index contributed by atoms with van der Waals surface area (Å²) in [6.07, 6.45) is 5.49. The van der Waals surface area contributed by atoms with Gasteiger partial charge in [0.25, 0.3) is 0 Å². The van der Waals surface area contributed by atoms with E-state index in [2.05, 4.69) is 33.9 Å². The summed E-state index contributed by atoms with van der Waals surface area (Å²) in [6, 6.07) is 6.37. The predicted molar refractivity (Wildman–Crippen MR) is 97.0 cm³/mol. The number of pyridine rings is 1. The number of amides is 1. The number of hydrogen-bond donors (Lipinski definition) is 1. The zero-order chi connectivity index (χ0) is 16.9. The normalized spacial score (nSPS) is 28.6. The second-order valence-electron chi connectivity index (χ2n) is 7.39.